The van der Waals surface area contributed by atoms with E-state index in [-0.39, 0.29) is 22.1 Å². The van der Waals surface area contributed by atoms with Gasteiger partial charge in [-0.3, -0.25) is 19.1 Å². The van der Waals surface area contributed by atoms with E-state index in [0.29, 0.717) is 10.6 Å². The molecule has 5 nitrogen and oxygen atoms in total. The van der Waals surface area contributed by atoms with Gasteiger partial charge in [0.25, 0.3) is 5.69 Å². The lowest BCUT2D eigenvalue weighted by Crippen LogP contribution is -2.12. The molecule has 7 heteroatoms. The summed E-state index contributed by atoms with van der Waals surface area (Å²) in [5.41, 5.74) is 0.0733. The number of nitrogens with zero attached hydrogens (tertiary/aromatic N) is 1. The van der Waals surface area contributed by atoms with Gasteiger partial charge in [-0.2, -0.15) is 0 Å². The number of halogens is 1. The van der Waals surface area contributed by atoms with Crippen molar-refractivity contribution in [3.63, 3.8) is 0 Å². The number of nitro groups is 1. The Morgan fingerprint density at radius 2 is 1.90 bits per heavy atom. The van der Waals surface area contributed by atoms with Gasteiger partial charge in [0.1, 0.15) is 4.90 Å². The minimum absolute atomic E-state index is 0.0397. The van der Waals surface area contributed by atoms with Crippen molar-refractivity contribution >= 4 is 33.9 Å². The van der Waals surface area contributed by atoms with Gasteiger partial charge in [-0.1, -0.05) is 35.9 Å². The van der Waals surface area contributed by atoms with Crippen molar-refractivity contribution in [2.75, 3.05) is 5.75 Å². The first-order valence-corrected chi connectivity index (χ1v) is 7.59. The third kappa shape index (κ3) is 3.74. The molecule has 1 atom stereocenters. The summed E-state index contributed by atoms with van der Waals surface area (Å²) in [7, 11) is -1.79. The van der Waals surface area contributed by atoms with E-state index < -0.39 is 15.7 Å². The van der Waals surface area contributed by atoms with E-state index in [0.717, 1.165) is 0 Å². The highest BCUT2D eigenvalue weighted by Crippen LogP contribution is 2.22. The zero-order valence-electron chi connectivity index (χ0n) is 10.7. The molecule has 0 radical (unpaired) electrons. The molecule has 2 aromatic rings. The molecular weight excluding hydrogens is 314 g/mol. The molecule has 0 aromatic heterocycles. The van der Waals surface area contributed by atoms with Gasteiger partial charge in [-0.15, -0.1) is 0 Å². The van der Waals surface area contributed by atoms with Gasteiger partial charge in [0.05, 0.1) is 21.5 Å². The maximum absolute atomic E-state index is 12.2. The predicted octanol–water partition coefficient (Wildman–Crippen LogP) is 3.24. The van der Waals surface area contributed by atoms with Crippen LogP contribution in [0.4, 0.5) is 5.69 Å². The molecule has 0 bridgehead atoms. The molecular formula is C14H10ClNO4S. The van der Waals surface area contributed by atoms with Crippen molar-refractivity contribution in [2.24, 2.45) is 0 Å². The largest absolute Gasteiger partial charge is 0.293 e. The van der Waals surface area contributed by atoms with E-state index in [1.165, 1.54) is 24.3 Å². The van der Waals surface area contributed by atoms with Gasteiger partial charge >= 0.3 is 0 Å². The third-order valence-corrected chi connectivity index (χ3v) is 4.31. The molecule has 0 heterocycles. The normalized spacial score (nSPS) is 11.9. The summed E-state index contributed by atoms with van der Waals surface area (Å²) in [6, 6.07) is 11.9. The Morgan fingerprint density at radius 1 is 1.19 bits per heavy atom. The smallest absolute Gasteiger partial charge is 0.285 e. The summed E-state index contributed by atoms with van der Waals surface area (Å²) in [5.74, 6) is -0.709. The number of hydrogen-bond acceptors (Lipinski definition) is 4. The van der Waals surface area contributed by atoms with Gasteiger partial charge in [0, 0.05) is 16.7 Å². The second-order valence-corrected chi connectivity index (χ2v) is 6.00. The summed E-state index contributed by atoms with van der Waals surface area (Å²) in [6.45, 7) is 0. The zero-order valence-corrected chi connectivity index (χ0v) is 12.3. The number of carbonyl (C=O) groups excluding carboxylic acids is 1. The van der Waals surface area contributed by atoms with Gasteiger partial charge in [-0.25, -0.2) is 0 Å². The van der Waals surface area contributed by atoms with Gasteiger partial charge in [0.15, 0.2) is 5.78 Å². The Labute approximate surface area is 128 Å². The van der Waals surface area contributed by atoms with Gasteiger partial charge in [-0.05, 0) is 18.2 Å². The van der Waals surface area contributed by atoms with Crippen LogP contribution in [-0.2, 0) is 10.8 Å². The number of carbonyl (C=O) groups is 1. The molecule has 108 valence electrons. The van der Waals surface area contributed by atoms with Crippen LogP contribution in [0.15, 0.2) is 53.4 Å². The second-order valence-electron chi connectivity index (χ2n) is 4.15. The zero-order chi connectivity index (χ0) is 15.4. The fraction of sp³-hybridized carbons (Fsp3) is 0.0714. The highest BCUT2D eigenvalue weighted by atomic mass is 35.5. The monoisotopic (exact) mass is 323 g/mol. The number of nitro benzene ring substituents is 1. The Kier molecular flexibility index (Phi) is 4.82. The molecule has 0 amide bonds. The molecule has 21 heavy (non-hydrogen) atoms. The lowest BCUT2D eigenvalue weighted by Gasteiger charge is -2.03. The van der Waals surface area contributed by atoms with Crippen LogP contribution in [0.1, 0.15) is 10.4 Å². The van der Waals surface area contributed by atoms with Crippen LogP contribution in [0, 0.1) is 10.1 Å². The van der Waals surface area contributed by atoms with E-state index in [1.807, 2.05) is 0 Å². The van der Waals surface area contributed by atoms with Crippen LogP contribution in [0.2, 0.25) is 5.02 Å². The maximum atomic E-state index is 12.2. The molecule has 2 aromatic carbocycles. The first-order valence-electron chi connectivity index (χ1n) is 5.89. The van der Waals surface area contributed by atoms with Crippen molar-refractivity contribution in [1.82, 2.24) is 0 Å². The molecule has 2 rings (SSSR count). The first-order chi connectivity index (χ1) is 9.99. The fourth-order valence-corrected chi connectivity index (χ4v) is 3.10. The molecule has 0 aliphatic carbocycles. The average molecular weight is 324 g/mol. The summed E-state index contributed by atoms with van der Waals surface area (Å²) >= 11 is 5.79. The second kappa shape index (κ2) is 6.60. The number of ketones is 1. The van der Waals surface area contributed by atoms with Crippen molar-refractivity contribution in [3.8, 4) is 0 Å². The molecule has 0 saturated heterocycles. The molecule has 0 N–H and O–H groups in total. The number of rotatable bonds is 5. The Bertz CT molecular complexity index is 732. The molecule has 0 aliphatic rings. The van der Waals surface area contributed by atoms with E-state index >= 15 is 0 Å². The molecule has 0 aliphatic heterocycles. The van der Waals surface area contributed by atoms with Crippen LogP contribution in [0.5, 0.6) is 0 Å². The SMILES string of the molecule is O=C(CS(=O)c1ccccc1[N+](=O)[O-])c1cccc(Cl)c1. The lowest BCUT2D eigenvalue weighted by molar-refractivity contribution is -0.387. The average Bonchev–Trinajstić information content (AvgIpc) is 2.47. The minimum Gasteiger partial charge on any atom is -0.293 e. The number of para-hydroxylation sites is 1. The highest BCUT2D eigenvalue weighted by molar-refractivity contribution is 7.86. The fourth-order valence-electron chi connectivity index (χ4n) is 1.74. The van der Waals surface area contributed by atoms with Crippen molar-refractivity contribution in [2.45, 2.75) is 4.90 Å². The van der Waals surface area contributed by atoms with E-state index in [1.54, 1.807) is 24.3 Å². The van der Waals surface area contributed by atoms with E-state index in [9.17, 15) is 19.1 Å². The number of hydrogen-bond donors (Lipinski definition) is 0. The molecule has 1 unspecified atom stereocenters. The van der Waals surface area contributed by atoms with Crippen LogP contribution in [0.3, 0.4) is 0 Å². The molecule has 0 spiro atoms. The third-order valence-electron chi connectivity index (χ3n) is 2.72. The first kappa shape index (κ1) is 15.3. The number of benzene rings is 2. The quantitative estimate of drug-likeness (QED) is 0.481. The summed E-state index contributed by atoms with van der Waals surface area (Å²) < 4.78 is 12.2. The predicted molar refractivity (Wildman–Crippen MR) is 80.2 cm³/mol. The highest BCUT2D eigenvalue weighted by Gasteiger charge is 2.20. The lowest BCUT2D eigenvalue weighted by atomic mass is 10.1. The molecule has 0 saturated carbocycles. The Balaban J connectivity index is 2.23. The van der Waals surface area contributed by atoms with Crippen LogP contribution in [-0.4, -0.2) is 20.7 Å². The minimum atomic E-state index is -1.79. The van der Waals surface area contributed by atoms with Crippen molar-refractivity contribution in [1.29, 1.82) is 0 Å². The van der Waals surface area contributed by atoms with Crippen LogP contribution >= 0.6 is 11.6 Å². The van der Waals surface area contributed by atoms with Crippen LogP contribution < -0.4 is 0 Å². The van der Waals surface area contributed by atoms with Crippen molar-refractivity contribution < 1.29 is 13.9 Å². The van der Waals surface area contributed by atoms with Gasteiger partial charge < -0.3 is 0 Å². The number of Topliss-reactive ketones (excluding diaryl/α,β-unsaturated/α-hetero) is 1. The summed E-state index contributed by atoms with van der Waals surface area (Å²) in [4.78, 5) is 22.4. The molecule has 0 fully saturated rings. The van der Waals surface area contributed by atoms with Gasteiger partial charge in [0.2, 0.25) is 0 Å². The summed E-state index contributed by atoms with van der Waals surface area (Å²) in [6.07, 6.45) is 0. The summed E-state index contributed by atoms with van der Waals surface area (Å²) in [5, 5.41) is 11.3. The van der Waals surface area contributed by atoms with Crippen LogP contribution in [0.25, 0.3) is 0 Å². The Morgan fingerprint density at radius 3 is 2.57 bits per heavy atom. The Hall–Kier alpha value is -2.05. The van der Waals surface area contributed by atoms with Crippen molar-refractivity contribution in [3.05, 3.63) is 69.2 Å². The standard InChI is InChI=1S/C14H10ClNO4S/c15-11-5-3-4-10(8-11)13(17)9-21(20)14-7-2-1-6-12(14)16(18)19/h1-8H,9H2. The maximum Gasteiger partial charge on any atom is 0.285 e. The topological polar surface area (TPSA) is 77.3 Å². The van der Waals surface area contributed by atoms with E-state index in [4.69, 9.17) is 11.6 Å². The van der Waals surface area contributed by atoms with E-state index in [2.05, 4.69) is 0 Å².